The molecule has 0 aromatic heterocycles. The maximum Gasteiger partial charge on any atom is 0.406 e. The maximum atomic E-state index is 12.9. The Morgan fingerprint density at radius 1 is 1.42 bits per heavy atom. The Morgan fingerprint density at radius 3 is 2.50 bits per heavy atom. The number of benzene rings is 1. The van der Waals surface area contributed by atoms with Gasteiger partial charge in [0.1, 0.15) is 0 Å². The van der Waals surface area contributed by atoms with Crippen LogP contribution in [0.2, 0.25) is 0 Å². The molecule has 1 unspecified atom stereocenters. The minimum Gasteiger partial charge on any atom is -0.415 e. The van der Waals surface area contributed by atoms with Gasteiger partial charge in [-0.15, -0.1) is 0 Å². The van der Waals surface area contributed by atoms with Crippen LogP contribution in [0, 0.1) is 0 Å². The zero-order valence-electron chi connectivity index (χ0n) is 6.04. The lowest BCUT2D eigenvalue weighted by Gasteiger charge is -2.05. The minimum absolute atomic E-state index is 0.270. The Hall–Kier alpha value is -1.09. The van der Waals surface area contributed by atoms with Crippen molar-refractivity contribution in [1.29, 1.82) is 0 Å². The van der Waals surface area contributed by atoms with E-state index in [4.69, 9.17) is 11.6 Å². The van der Waals surface area contributed by atoms with Gasteiger partial charge in [-0.2, -0.15) is 4.39 Å². The first-order valence-electron chi connectivity index (χ1n) is 3.25. The Balaban J connectivity index is 2.65. The molecule has 0 spiro atoms. The molecule has 0 aliphatic rings. The van der Waals surface area contributed by atoms with Crippen molar-refractivity contribution in [3.8, 4) is 0 Å². The van der Waals surface area contributed by atoms with Crippen LogP contribution in [-0.2, 0) is 4.74 Å². The van der Waals surface area contributed by atoms with Crippen LogP contribution in [-0.4, -0.2) is 5.43 Å². The number of rotatable bonds is 2. The van der Waals surface area contributed by atoms with Crippen LogP contribution in [0.5, 0.6) is 0 Å². The van der Waals surface area contributed by atoms with Gasteiger partial charge in [0.2, 0.25) is 0 Å². The number of ether oxygens (including phenoxy) is 1. The molecule has 0 radical (unpaired) electrons. The second kappa shape index (κ2) is 4.07. The second-order valence-corrected chi connectivity index (χ2v) is 2.39. The Kier molecular flexibility index (Phi) is 3.05. The van der Waals surface area contributed by atoms with E-state index in [1.165, 1.54) is 12.1 Å². The predicted molar refractivity (Wildman–Crippen MR) is 42.6 cm³/mol. The van der Waals surface area contributed by atoms with E-state index < -0.39 is 11.8 Å². The third kappa shape index (κ3) is 2.51. The Labute approximate surface area is 73.9 Å². The standard InChI is InChI=1S/C8H6ClFO2/c9-8(11)12-7(10)6-4-2-1-3-5-6/h1-5,7H. The van der Waals surface area contributed by atoms with Crippen LogP contribution in [0.15, 0.2) is 30.3 Å². The second-order valence-electron chi connectivity index (χ2n) is 2.08. The summed E-state index contributed by atoms with van der Waals surface area (Å²) in [5.74, 6) is 0. The monoisotopic (exact) mass is 188 g/mol. The molecule has 1 rings (SSSR count). The van der Waals surface area contributed by atoms with Crippen LogP contribution < -0.4 is 0 Å². The van der Waals surface area contributed by atoms with Crippen molar-refractivity contribution >= 4 is 17.0 Å². The fourth-order valence-electron chi connectivity index (χ4n) is 0.754. The summed E-state index contributed by atoms with van der Waals surface area (Å²) in [6.45, 7) is 0. The number of hydrogen-bond donors (Lipinski definition) is 0. The largest absolute Gasteiger partial charge is 0.415 e. The van der Waals surface area contributed by atoms with Gasteiger partial charge in [0.05, 0.1) is 0 Å². The van der Waals surface area contributed by atoms with Gasteiger partial charge in [0.25, 0.3) is 6.36 Å². The SMILES string of the molecule is O=C(Cl)OC(F)c1ccccc1. The zero-order chi connectivity index (χ0) is 8.97. The molecule has 0 aliphatic heterocycles. The van der Waals surface area contributed by atoms with Crippen LogP contribution in [0.25, 0.3) is 0 Å². The number of hydrogen-bond acceptors (Lipinski definition) is 2. The summed E-state index contributed by atoms with van der Waals surface area (Å²) in [5.41, 5.74) is -0.877. The summed E-state index contributed by atoms with van der Waals surface area (Å²) in [6.07, 6.45) is -1.78. The van der Waals surface area contributed by atoms with Gasteiger partial charge >= 0.3 is 5.43 Å². The third-order valence-corrected chi connectivity index (χ3v) is 1.35. The Morgan fingerprint density at radius 2 is 2.00 bits per heavy atom. The van der Waals surface area contributed by atoms with Crippen LogP contribution in [0.4, 0.5) is 9.18 Å². The first-order valence-corrected chi connectivity index (χ1v) is 3.63. The highest BCUT2D eigenvalue weighted by atomic mass is 35.5. The normalized spacial score (nSPS) is 12.2. The van der Waals surface area contributed by atoms with Crippen molar-refractivity contribution in [2.45, 2.75) is 6.36 Å². The fraction of sp³-hybridized carbons (Fsp3) is 0.125. The van der Waals surface area contributed by atoms with Crippen molar-refractivity contribution in [2.75, 3.05) is 0 Å². The van der Waals surface area contributed by atoms with Gasteiger partial charge in [-0.25, -0.2) is 4.79 Å². The molecule has 0 saturated heterocycles. The van der Waals surface area contributed by atoms with E-state index in [9.17, 15) is 9.18 Å². The highest BCUT2D eigenvalue weighted by Gasteiger charge is 2.12. The van der Waals surface area contributed by atoms with Crippen LogP contribution >= 0.6 is 11.6 Å². The molecular weight excluding hydrogens is 183 g/mol. The molecular formula is C8H6ClFO2. The average molecular weight is 189 g/mol. The molecule has 0 aliphatic carbocycles. The molecule has 64 valence electrons. The number of alkyl halides is 1. The molecule has 1 atom stereocenters. The summed E-state index contributed by atoms with van der Waals surface area (Å²) in [6, 6.07) is 8.03. The van der Waals surface area contributed by atoms with Gasteiger partial charge in [0.15, 0.2) is 0 Å². The summed E-state index contributed by atoms with van der Waals surface area (Å²) < 4.78 is 17.0. The van der Waals surface area contributed by atoms with Gasteiger partial charge in [0, 0.05) is 17.2 Å². The molecule has 0 heterocycles. The van der Waals surface area contributed by atoms with Crippen molar-refractivity contribution in [1.82, 2.24) is 0 Å². The van der Waals surface area contributed by atoms with Crippen molar-refractivity contribution in [3.63, 3.8) is 0 Å². The van der Waals surface area contributed by atoms with Crippen molar-refractivity contribution in [2.24, 2.45) is 0 Å². The lowest BCUT2D eigenvalue weighted by Crippen LogP contribution is -1.99. The molecule has 0 saturated carbocycles. The number of carbonyl (C=O) groups is 1. The average Bonchev–Trinajstić information content (AvgIpc) is 2.05. The summed E-state index contributed by atoms with van der Waals surface area (Å²) >= 11 is 4.82. The van der Waals surface area contributed by atoms with E-state index in [2.05, 4.69) is 4.74 Å². The summed E-state index contributed by atoms with van der Waals surface area (Å²) in [7, 11) is 0. The molecule has 1 aromatic carbocycles. The highest BCUT2D eigenvalue weighted by molar-refractivity contribution is 6.61. The van der Waals surface area contributed by atoms with Gasteiger partial charge in [-0.3, -0.25) is 0 Å². The lowest BCUT2D eigenvalue weighted by molar-refractivity contribution is 0.0277. The molecule has 12 heavy (non-hydrogen) atoms. The number of carbonyl (C=O) groups excluding carboxylic acids is 1. The van der Waals surface area contributed by atoms with E-state index in [1.807, 2.05) is 0 Å². The minimum atomic E-state index is -1.78. The van der Waals surface area contributed by atoms with Gasteiger partial charge in [-0.05, 0) is 0 Å². The van der Waals surface area contributed by atoms with Crippen molar-refractivity contribution < 1.29 is 13.9 Å². The lowest BCUT2D eigenvalue weighted by atomic mass is 10.2. The van der Waals surface area contributed by atoms with Crippen LogP contribution in [0.3, 0.4) is 0 Å². The van der Waals surface area contributed by atoms with E-state index in [0.29, 0.717) is 0 Å². The molecule has 4 heteroatoms. The number of halogens is 2. The smallest absolute Gasteiger partial charge is 0.406 e. The molecule has 0 amide bonds. The molecule has 1 aromatic rings. The molecule has 0 bridgehead atoms. The Bertz CT molecular complexity index is 263. The quantitative estimate of drug-likeness (QED) is 0.667. The van der Waals surface area contributed by atoms with Crippen LogP contribution in [0.1, 0.15) is 11.9 Å². The zero-order valence-corrected chi connectivity index (χ0v) is 6.79. The fourth-order valence-corrected chi connectivity index (χ4v) is 0.832. The van der Waals surface area contributed by atoms with Gasteiger partial charge < -0.3 is 4.74 Å². The first-order chi connectivity index (χ1) is 5.70. The predicted octanol–water partition coefficient (Wildman–Crippen LogP) is 3.03. The maximum absolute atomic E-state index is 12.9. The molecule has 2 nitrogen and oxygen atoms in total. The van der Waals surface area contributed by atoms with Crippen molar-refractivity contribution in [3.05, 3.63) is 35.9 Å². The summed E-state index contributed by atoms with van der Waals surface area (Å²) in [5, 5.41) is 0. The van der Waals surface area contributed by atoms with E-state index >= 15 is 0 Å². The van der Waals surface area contributed by atoms with Gasteiger partial charge in [-0.1, -0.05) is 30.3 Å². The van der Waals surface area contributed by atoms with E-state index in [-0.39, 0.29) is 5.56 Å². The van der Waals surface area contributed by atoms with E-state index in [1.54, 1.807) is 18.2 Å². The third-order valence-electron chi connectivity index (χ3n) is 1.26. The highest BCUT2D eigenvalue weighted by Crippen LogP contribution is 2.18. The first kappa shape index (κ1) is 9.00. The van der Waals surface area contributed by atoms with E-state index in [0.717, 1.165) is 0 Å². The topological polar surface area (TPSA) is 26.3 Å². The summed E-state index contributed by atoms with van der Waals surface area (Å²) in [4.78, 5) is 10.1. The molecule has 0 fully saturated rings. The molecule has 0 N–H and O–H groups in total.